The molecular formula is C16H33O2. The van der Waals surface area contributed by atoms with E-state index >= 15 is 0 Å². The number of aliphatic hydroxyl groups excluding tert-OH is 2. The molecule has 2 N–H and O–H groups in total. The molecule has 0 bridgehead atoms. The third kappa shape index (κ3) is 15.9. The summed E-state index contributed by atoms with van der Waals surface area (Å²) < 4.78 is 0. The molecule has 0 rings (SSSR count). The van der Waals surface area contributed by atoms with Gasteiger partial charge in [0.05, 0.1) is 12.7 Å². The Kier molecular flexibility index (Phi) is 14.9. The Labute approximate surface area is 114 Å². The van der Waals surface area contributed by atoms with E-state index in [2.05, 4.69) is 0 Å². The average Bonchev–Trinajstić information content (AvgIpc) is 2.34. The second-order valence-corrected chi connectivity index (χ2v) is 5.50. The molecule has 2 nitrogen and oxygen atoms in total. The molecule has 0 amide bonds. The molecule has 0 fully saturated rings. The minimum Gasteiger partial charge on any atom is -0.393 e. The zero-order valence-corrected chi connectivity index (χ0v) is 12.2. The van der Waals surface area contributed by atoms with Gasteiger partial charge in [0.2, 0.25) is 0 Å². The van der Waals surface area contributed by atoms with E-state index in [1.807, 2.05) is 6.92 Å². The first kappa shape index (κ1) is 17.9. The van der Waals surface area contributed by atoms with E-state index < -0.39 is 0 Å². The summed E-state index contributed by atoms with van der Waals surface area (Å²) in [7, 11) is 0. The van der Waals surface area contributed by atoms with E-state index in [1.165, 1.54) is 70.8 Å². The topological polar surface area (TPSA) is 40.5 Å². The quantitative estimate of drug-likeness (QED) is 0.431. The largest absolute Gasteiger partial charge is 0.393 e. The lowest BCUT2D eigenvalue weighted by Crippen LogP contribution is -1.98. The van der Waals surface area contributed by atoms with Crippen LogP contribution < -0.4 is 0 Å². The van der Waals surface area contributed by atoms with Gasteiger partial charge in [0, 0.05) is 0 Å². The normalized spacial score (nSPS) is 12.8. The van der Waals surface area contributed by atoms with Crippen molar-refractivity contribution >= 4 is 0 Å². The molecule has 1 atom stereocenters. The smallest absolute Gasteiger partial charge is 0.0799 e. The Hall–Kier alpha value is -0.0800. The first-order chi connectivity index (χ1) is 8.77. The molecule has 0 heterocycles. The highest BCUT2D eigenvalue weighted by atomic mass is 16.3. The van der Waals surface area contributed by atoms with Crippen LogP contribution in [-0.2, 0) is 0 Å². The van der Waals surface area contributed by atoms with Gasteiger partial charge in [-0.05, 0) is 19.8 Å². The van der Waals surface area contributed by atoms with Crippen molar-refractivity contribution in [3.05, 3.63) is 6.61 Å². The van der Waals surface area contributed by atoms with Crippen LogP contribution in [-0.4, -0.2) is 16.3 Å². The van der Waals surface area contributed by atoms with Crippen molar-refractivity contribution in [1.29, 1.82) is 0 Å². The zero-order chi connectivity index (χ0) is 13.5. The summed E-state index contributed by atoms with van der Waals surface area (Å²) in [6.07, 6.45) is 16.1. The number of hydrogen-bond acceptors (Lipinski definition) is 2. The number of hydrogen-bond donors (Lipinski definition) is 2. The number of rotatable bonds is 14. The van der Waals surface area contributed by atoms with Gasteiger partial charge in [-0.15, -0.1) is 0 Å². The third-order valence-corrected chi connectivity index (χ3v) is 3.46. The highest BCUT2D eigenvalue weighted by Crippen LogP contribution is 2.13. The van der Waals surface area contributed by atoms with Crippen molar-refractivity contribution in [3.8, 4) is 0 Å². The van der Waals surface area contributed by atoms with Crippen LogP contribution in [0.25, 0.3) is 0 Å². The van der Waals surface area contributed by atoms with Crippen LogP contribution in [0.15, 0.2) is 0 Å². The lowest BCUT2D eigenvalue weighted by Gasteiger charge is -2.04. The van der Waals surface area contributed by atoms with E-state index in [1.54, 1.807) is 0 Å². The van der Waals surface area contributed by atoms with E-state index in [0.29, 0.717) is 0 Å². The van der Waals surface area contributed by atoms with Gasteiger partial charge in [0.25, 0.3) is 0 Å². The highest BCUT2D eigenvalue weighted by Gasteiger charge is 1.96. The van der Waals surface area contributed by atoms with Gasteiger partial charge in [0.15, 0.2) is 0 Å². The maximum absolute atomic E-state index is 9.11. The van der Waals surface area contributed by atoms with Crippen LogP contribution in [0.1, 0.15) is 90.4 Å². The predicted octanol–water partition coefficient (Wildman–Crippen LogP) is 4.97. The summed E-state index contributed by atoms with van der Waals surface area (Å²) in [5.41, 5.74) is 0. The Morgan fingerprint density at radius 3 is 1.50 bits per heavy atom. The minimum atomic E-state index is -0.117. The molecule has 0 saturated carbocycles. The Morgan fingerprint density at radius 2 is 1.11 bits per heavy atom. The van der Waals surface area contributed by atoms with Crippen molar-refractivity contribution in [2.75, 3.05) is 0 Å². The molecule has 1 radical (unpaired) electrons. The Morgan fingerprint density at radius 1 is 0.722 bits per heavy atom. The first-order valence-corrected chi connectivity index (χ1v) is 7.91. The fourth-order valence-electron chi connectivity index (χ4n) is 2.27. The van der Waals surface area contributed by atoms with Gasteiger partial charge in [0.1, 0.15) is 0 Å². The van der Waals surface area contributed by atoms with Crippen LogP contribution in [0.3, 0.4) is 0 Å². The maximum atomic E-state index is 9.11. The first-order valence-electron chi connectivity index (χ1n) is 7.91. The third-order valence-electron chi connectivity index (χ3n) is 3.46. The summed E-state index contributed by atoms with van der Waals surface area (Å²) in [5, 5.41) is 17.6. The van der Waals surface area contributed by atoms with Gasteiger partial charge in [-0.25, -0.2) is 0 Å². The minimum absolute atomic E-state index is 0.117. The SMILES string of the molecule is CC(O)CCCCCCCCCCCCC[CH]O. The zero-order valence-electron chi connectivity index (χ0n) is 12.2. The molecule has 0 aliphatic carbocycles. The van der Waals surface area contributed by atoms with Crippen molar-refractivity contribution in [3.63, 3.8) is 0 Å². The van der Waals surface area contributed by atoms with Crippen LogP contribution in [0.2, 0.25) is 0 Å². The molecule has 0 aromatic heterocycles. The van der Waals surface area contributed by atoms with E-state index in [9.17, 15) is 0 Å². The predicted molar refractivity (Wildman–Crippen MR) is 77.9 cm³/mol. The van der Waals surface area contributed by atoms with E-state index in [-0.39, 0.29) is 6.10 Å². The fourth-order valence-corrected chi connectivity index (χ4v) is 2.27. The van der Waals surface area contributed by atoms with Crippen LogP contribution in [0.5, 0.6) is 0 Å². The number of aliphatic hydroxyl groups is 2. The molecule has 2 heteroatoms. The van der Waals surface area contributed by atoms with Crippen LogP contribution in [0, 0.1) is 6.61 Å². The standard InChI is InChI=1S/C16H33O2/c1-16(18)14-12-10-8-6-4-2-3-5-7-9-11-13-15-17/h15-18H,2-14H2,1H3. The van der Waals surface area contributed by atoms with Crippen molar-refractivity contribution in [2.24, 2.45) is 0 Å². The Bertz CT molecular complexity index is 146. The molecule has 0 saturated heterocycles. The monoisotopic (exact) mass is 257 g/mol. The van der Waals surface area contributed by atoms with E-state index in [4.69, 9.17) is 10.2 Å². The molecule has 18 heavy (non-hydrogen) atoms. The lowest BCUT2D eigenvalue weighted by atomic mass is 10.0. The summed E-state index contributed by atoms with van der Waals surface area (Å²) in [4.78, 5) is 0. The second-order valence-electron chi connectivity index (χ2n) is 5.50. The van der Waals surface area contributed by atoms with Gasteiger partial charge in [-0.2, -0.15) is 0 Å². The van der Waals surface area contributed by atoms with Crippen molar-refractivity contribution < 1.29 is 10.2 Å². The van der Waals surface area contributed by atoms with Gasteiger partial charge < -0.3 is 10.2 Å². The molecule has 0 spiro atoms. The molecule has 0 aliphatic heterocycles. The van der Waals surface area contributed by atoms with Crippen LogP contribution >= 0.6 is 0 Å². The molecule has 109 valence electrons. The van der Waals surface area contributed by atoms with Crippen molar-refractivity contribution in [2.45, 2.75) is 96.5 Å². The number of unbranched alkanes of at least 4 members (excludes halogenated alkanes) is 11. The van der Waals surface area contributed by atoms with Crippen molar-refractivity contribution in [1.82, 2.24) is 0 Å². The maximum Gasteiger partial charge on any atom is 0.0799 e. The van der Waals surface area contributed by atoms with Crippen LogP contribution in [0.4, 0.5) is 0 Å². The fraction of sp³-hybridized carbons (Fsp3) is 0.938. The lowest BCUT2D eigenvalue weighted by molar-refractivity contribution is 0.180. The summed E-state index contributed by atoms with van der Waals surface area (Å²) in [5.74, 6) is 0. The molecule has 0 aliphatic rings. The second kappa shape index (κ2) is 15.0. The highest BCUT2D eigenvalue weighted by molar-refractivity contribution is 4.52. The molecule has 0 aromatic carbocycles. The Balaban J connectivity index is 2.90. The molecule has 0 aromatic rings. The molecular weight excluding hydrogens is 224 g/mol. The van der Waals surface area contributed by atoms with Gasteiger partial charge >= 0.3 is 0 Å². The molecule has 1 unspecified atom stereocenters. The van der Waals surface area contributed by atoms with Gasteiger partial charge in [-0.3, -0.25) is 0 Å². The summed E-state index contributed by atoms with van der Waals surface area (Å²) in [6.45, 7) is 3.15. The summed E-state index contributed by atoms with van der Waals surface area (Å²) in [6, 6.07) is 0. The van der Waals surface area contributed by atoms with E-state index in [0.717, 1.165) is 19.3 Å². The van der Waals surface area contributed by atoms with Gasteiger partial charge in [-0.1, -0.05) is 70.6 Å². The average molecular weight is 257 g/mol. The summed E-state index contributed by atoms with van der Waals surface area (Å²) >= 11 is 0.